The highest BCUT2D eigenvalue weighted by Gasteiger charge is 2.30. The Balaban J connectivity index is 2.20. The van der Waals surface area contributed by atoms with Gasteiger partial charge in [-0.25, -0.2) is 0 Å². The van der Waals surface area contributed by atoms with Crippen molar-refractivity contribution in [2.75, 3.05) is 33.2 Å². The second kappa shape index (κ2) is 5.07. The van der Waals surface area contributed by atoms with Crippen molar-refractivity contribution in [3.8, 4) is 0 Å². The molecule has 2 rings (SSSR count). The number of amides is 1. The fourth-order valence-corrected chi connectivity index (χ4v) is 2.44. The maximum absolute atomic E-state index is 12.5. The first kappa shape index (κ1) is 13.0. The average molecular weight is 251 g/mol. The van der Waals surface area contributed by atoms with Crippen LogP contribution in [0, 0.1) is 6.92 Å². The first-order chi connectivity index (χ1) is 8.52. The molecule has 100 valence electrons. The number of hydrogen-bond donors (Lipinski definition) is 1. The van der Waals surface area contributed by atoms with Crippen LogP contribution in [0.5, 0.6) is 0 Å². The van der Waals surface area contributed by atoms with Gasteiger partial charge in [0.2, 0.25) is 0 Å². The second-order valence-corrected chi connectivity index (χ2v) is 4.95. The number of carbonyl (C=O) groups excluding carboxylic acids is 1. The molecule has 0 aliphatic carbocycles. The van der Waals surface area contributed by atoms with Gasteiger partial charge in [-0.15, -0.1) is 0 Å². The molecule has 6 heteroatoms. The third kappa shape index (κ3) is 2.39. The molecule has 1 amide bonds. The molecule has 0 bridgehead atoms. The van der Waals surface area contributed by atoms with E-state index in [9.17, 15) is 4.79 Å². The molecule has 6 nitrogen and oxygen atoms in total. The summed E-state index contributed by atoms with van der Waals surface area (Å²) in [6.07, 6.45) is 1.78. The van der Waals surface area contributed by atoms with Crippen molar-refractivity contribution >= 4 is 5.91 Å². The summed E-state index contributed by atoms with van der Waals surface area (Å²) in [5, 5.41) is 4.22. The van der Waals surface area contributed by atoms with Crippen molar-refractivity contribution < 1.29 is 4.79 Å². The van der Waals surface area contributed by atoms with Crippen LogP contribution in [0.2, 0.25) is 0 Å². The molecule has 0 spiro atoms. The number of carbonyl (C=O) groups is 1. The zero-order valence-corrected chi connectivity index (χ0v) is 11.3. The first-order valence-corrected chi connectivity index (χ1v) is 6.22. The summed E-state index contributed by atoms with van der Waals surface area (Å²) in [6, 6.07) is 0.0934. The lowest BCUT2D eigenvalue weighted by Gasteiger charge is -2.39. The molecule has 0 radical (unpaired) electrons. The van der Waals surface area contributed by atoms with Crippen LogP contribution in [-0.4, -0.2) is 64.8 Å². The lowest BCUT2D eigenvalue weighted by molar-refractivity contribution is 0.0515. The van der Waals surface area contributed by atoms with Gasteiger partial charge >= 0.3 is 0 Å². The van der Waals surface area contributed by atoms with Gasteiger partial charge in [-0.2, -0.15) is 5.10 Å². The van der Waals surface area contributed by atoms with E-state index in [2.05, 4.69) is 17.0 Å². The Morgan fingerprint density at radius 1 is 1.50 bits per heavy atom. The normalized spacial score (nSPS) is 21.3. The smallest absolute Gasteiger partial charge is 0.257 e. The first-order valence-electron chi connectivity index (χ1n) is 6.22. The number of aromatic nitrogens is 2. The van der Waals surface area contributed by atoms with Crippen molar-refractivity contribution in [1.82, 2.24) is 19.6 Å². The molecular formula is C12H21N5O. The molecule has 0 aromatic carbocycles. The van der Waals surface area contributed by atoms with E-state index in [-0.39, 0.29) is 11.9 Å². The summed E-state index contributed by atoms with van der Waals surface area (Å²) in [5.41, 5.74) is 7.23. The molecule has 1 saturated heterocycles. The topological polar surface area (TPSA) is 67.4 Å². The van der Waals surface area contributed by atoms with Gasteiger partial charge < -0.3 is 15.5 Å². The zero-order valence-electron chi connectivity index (χ0n) is 11.3. The molecule has 18 heavy (non-hydrogen) atoms. The van der Waals surface area contributed by atoms with Crippen LogP contribution in [-0.2, 0) is 7.05 Å². The van der Waals surface area contributed by atoms with E-state index in [4.69, 9.17) is 5.73 Å². The third-order valence-corrected chi connectivity index (χ3v) is 3.46. The van der Waals surface area contributed by atoms with Gasteiger partial charge in [0, 0.05) is 39.4 Å². The summed E-state index contributed by atoms with van der Waals surface area (Å²) >= 11 is 0. The molecule has 1 aromatic heterocycles. The van der Waals surface area contributed by atoms with Gasteiger partial charge in [0.15, 0.2) is 0 Å². The summed E-state index contributed by atoms with van der Waals surface area (Å²) in [6.45, 7) is 4.81. The van der Waals surface area contributed by atoms with Gasteiger partial charge in [-0.1, -0.05) is 0 Å². The summed E-state index contributed by atoms with van der Waals surface area (Å²) in [4.78, 5) is 16.6. The monoisotopic (exact) mass is 251 g/mol. The number of hydrogen-bond acceptors (Lipinski definition) is 4. The number of piperazine rings is 1. The summed E-state index contributed by atoms with van der Waals surface area (Å²) in [5.74, 6) is 0.0455. The van der Waals surface area contributed by atoms with Crippen molar-refractivity contribution in [3.63, 3.8) is 0 Å². The van der Waals surface area contributed by atoms with Gasteiger partial charge in [-0.05, 0) is 14.0 Å². The largest absolute Gasteiger partial charge is 0.332 e. The number of nitrogens with two attached hydrogens (primary N) is 1. The minimum atomic E-state index is 0.0455. The van der Waals surface area contributed by atoms with Crippen LogP contribution in [0.4, 0.5) is 0 Å². The second-order valence-electron chi connectivity index (χ2n) is 4.95. The molecule has 2 heterocycles. The predicted octanol–water partition coefficient (Wildman–Crippen LogP) is -0.557. The van der Waals surface area contributed by atoms with Crippen molar-refractivity contribution in [2.45, 2.75) is 13.0 Å². The van der Waals surface area contributed by atoms with E-state index < -0.39 is 0 Å². The SMILES string of the molecule is Cc1nn(C)cc1C(=O)N1CCN(C)CC1CN. The quantitative estimate of drug-likeness (QED) is 0.765. The Kier molecular flexibility index (Phi) is 3.68. The Labute approximate surface area is 107 Å². The highest BCUT2D eigenvalue weighted by Crippen LogP contribution is 2.14. The molecule has 1 unspecified atom stereocenters. The number of likely N-dealkylation sites (N-methyl/N-ethyl adjacent to an activating group) is 1. The molecular weight excluding hydrogens is 230 g/mol. The Morgan fingerprint density at radius 2 is 2.22 bits per heavy atom. The molecule has 1 aliphatic heterocycles. The molecule has 1 atom stereocenters. The van der Waals surface area contributed by atoms with E-state index in [0.29, 0.717) is 12.1 Å². The predicted molar refractivity (Wildman–Crippen MR) is 69.3 cm³/mol. The third-order valence-electron chi connectivity index (χ3n) is 3.46. The standard InChI is InChI=1S/C12H21N5O/c1-9-11(8-16(3)14-9)12(18)17-5-4-15(2)7-10(17)6-13/h8,10H,4-7,13H2,1-3H3. The van der Waals surface area contributed by atoms with E-state index in [1.54, 1.807) is 10.9 Å². The minimum Gasteiger partial charge on any atom is -0.332 e. The average Bonchev–Trinajstić information content (AvgIpc) is 2.67. The Bertz CT molecular complexity index is 442. The molecule has 1 fully saturated rings. The molecule has 2 N–H and O–H groups in total. The summed E-state index contributed by atoms with van der Waals surface area (Å²) in [7, 11) is 3.88. The number of aryl methyl sites for hydroxylation is 2. The Hall–Kier alpha value is -1.40. The van der Waals surface area contributed by atoms with Crippen molar-refractivity contribution in [2.24, 2.45) is 12.8 Å². The number of rotatable bonds is 2. The van der Waals surface area contributed by atoms with E-state index in [0.717, 1.165) is 25.3 Å². The van der Waals surface area contributed by atoms with Crippen LogP contribution in [0.15, 0.2) is 6.20 Å². The van der Waals surface area contributed by atoms with E-state index in [1.165, 1.54) is 0 Å². The lowest BCUT2D eigenvalue weighted by Crippen LogP contribution is -2.56. The van der Waals surface area contributed by atoms with Crippen LogP contribution in [0.3, 0.4) is 0 Å². The number of nitrogens with zero attached hydrogens (tertiary/aromatic N) is 4. The van der Waals surface area contributed by atoms with Crippen LogP contribution in [0.25, 0.3) is 0 Å². The van der Waals surface area contributed by atoms with Crippen LogP contribution >= 0.6 is 0 Å². The van der Waals surface area contributed by atoms with E-state index in [1.807, 2.05) is 18.9 Å². The van der Waals surface area contributed by atoms with Crippen LogP contribution < -0.4 is 5.73 Å². The summed E-state index contributed by atoms with van der Waals surface area (Å²) < 4.78 is 1.68. The van der Waals surface area contributed by atoms with Gasteiger partial charge in [0.25, 0.3) is 5.91 Å². The maximum Gasteiger partial charge on any atom is 0.257 e. The minimum absolute atomic E-state index is 0.0455. The fraction of sp³-hybridized carbons (Fsp3) is 0.667. The fourth-order valence-electron chi connectivity index (χ4n) is 2.44. The Morgan fingerprint density at radius 3 is 2.78 bits per heavy atom. The van der Waals surface area contributed by atoms with Crippen LogP contribution in [0.1, 0.15) is 16.1 Å². The highest BCUT2D eigenvalue weighted by atomic mass is 16.2. The van der Waals surface area contributed by atoms with E-state index >= 15 is 0 Å². The molecule has 1 aliphatic rings. The highest BCUT2D eigenvalue weighted by molar-refractivity contribution is 5.95. The lowest BCUT2D eigenvalue weighted by atomic mass is 10.1. The molecule has 0 saturated carbocycles. The van der Waals surface area contributed by atoms with Gasteiger partial charge in [0.05, 0.1) is 17.3 Å². The molecule has 1 aromatic rings. The van der Waals surface area contributed by atoms with Crippen molar-refractivity contribution in [3.05, 3.63) is 17.5 Å². The zero-order chi connectivity index (χ0) is 13.3. The van der Waals surface area contributed by atoms with Gasteiger partial charge in [0.1, 0.15) is 0 Å². The maximum atomic E-state index is 12.5. The van der Waals surface area contributed by atoms with Crippen molar-refractivity contribution in [1.29, 1.82) is 0 Å². The van der Waals surface area contributed by atoms with Gasteiger partial charge in [-0.3, -0.25) is 9.48 Å².